The van der Waals surface area contributed by atoms with E-state index < -0.39 is 0 Å². The first-order chi connectivity index (χ1) is 11.5. The molecule has 0 aliphatic carbocycles. The number of rotatable bonds is 5. The van der Waals surface area contributed by atoms with Crippen LogP contribution < -0.4 is 5.32 Å². The zero-order valence-electron chi connectivity index (χ0n) is 14.7. The van der Waals surface area contributed by atoms with E-state index in [9.17, 15) is 4.79 Å². The fourth-order valence-corrected chi connectivity index (χ4v) is 2.69. The number of aromatic nitrogens is 3. The van der Waals surface area contributed by atoms with Crippen LogP contribution in [0.1, 0.15) is 44.1 Å². The van der Waals surface area contributed by atoms with Crippen molar-refractivity contribution in [1.29, 1.82) is 0 Å². The number of amides is 1. The van der Waals surface area contributed by atoms with Gasteiger partial charge in [0.05, 0.1) is 16.8 Å². The van der Waals surface area contributed by atoms with E-state index in [-0.39, 0.29) is 5.91 Å². The predicted molar refractivity (Wildman–Crippen MR) is 96.2 cm³/mol. The van der Waals surface area contributed by atoms with E-state index in [0.717, 1.165) is 16.9 Å². The Morgan fingerprint density at radius 1 is 1.17 bits per heavy atom. The second-order valence-corrected chi connectivity index (χ2v) is 6.78. The zero-order chi connectivity index (χ0) is 17.3. The lowest BCUT2D eigenvalue weighted by atomic mass is 10.2. The Morgan fingerprint density at radius 2 is 1.96 bits per heavy atom. The maximum atomic E-state index is 12.6. The maximum absolute atomic E-state index is 12.6. The van der Waals surface area contributed by atoms with Crippen LogP contribution in [0.25, 0.3) is 16.9 Å². The molecular formula is C19H24N4O. The van der Waals surface area contributed by atoms with Gasteiger partial charge in [0.25, 0.3) is 5.91 Å². The highest BCUT2D eigenvalue weighted by atomic mass is 16.1. The summed E-state index contributed by atoms with van der Waals surface area (Å²) in [5.41, 5.74) is 3.38. The molecule has 0 radical (unpaired) electrons. The molecule has 0 fully saturated rings. The molecule has 24 heavy (non-hydrogen) atoms. The Labute approximate surface area is 142 Å². The first-order valence-electron chi connectivity index (χ1n) is 8.41. The summed E-state index contributed by atoms with van der Waals surface area (Å²) in [5, 5.41) is 7.64. The fourth-order valence-electron chi connectivity index (χ4n) is 2.69. The van der Waals surface area contributed by atoms with Crippen LogP contribution in [0.3, 0.4) is 0 Å². The summed E-state index contributed by atoms with van der Waals surface area (Å²) < 4.78 is 3.95. The molecule has 1 amide bonds. The minimum Gasteiger partial charge on any atom is -0.352 e. The summed E-state index contributed by atoms with van der Waals surface area (Å²) in [5.74, 6) is 0.381. The zero-order valence-corrected chi connectivity index (χ0v) is 14.7. The van der Waals surface area contributed by atoms with Gasteiger partial charge >= 0.3 is 0 Å². The highest BCUT2D eigenvalue weighted by Crippen LogP contribution is 2.25. The predicted octanol–water partition coefficient (Wildman–Crippen LogP) is 3.77. The molecule has 0 saturated carbocycles. The molecule has 3 heterocycles. The number of fused-ring (bicyclic) bond motifs is 1. The SMILES string of the molecule is CC(C)CNC(=O)c1cc(-c2ccn(C(C)C)n2)n2ccccc12. The van der Waals surface area contributed by atoms with Crippen molar-refractivity contribution in [3.8, 4) is 11.4 Å². The van der Waals surface area contributed by atoms with Gasteiger partial charge in [-0.25, -0.2) is 0 Å². The number of hydrogen-bond donors (Lipinski definition) is 1. The van der Waals surface area contributed by atoms with Crippen molar-refractivity contribution >= 4 is 11.4 Å². The van der Waals surface area contributed by atoms with Crippen LogP contribution in [-0.4, -0.2) is 26.6 Å². The number of nitrogens with one attached hydrogen (secondary N) is 1. The molecule has 5 heteroatoms. The lowest BCUT2D eigenvalue weighted by molar-refractivity contribution is 0.0951. The van der Waals surface area contributed by atoms with Gasteiger partial charge in [0.1, 0.15) is 5.69 Å². The smallest absolute Gasteiger partial charge is 0.253 e. The van der Waals surface area contributed by atoms with Gasteiger partial charge in [-0.2, -0.15) is 5.10 Å². The van der Waals surface area contributed by atoms with Crippen molar-refractivity contribution in [2.24, 2.45) is 5.92 Å². The largest absolute Gasteiger partial charge is 0.352 e. The van der Waals surface area contributed by atoms with E-state index in [4.69, 9.17) is 0 Å². The highest BCUT2D eigenvalue weighted by Gasteiger charge is 2.17. The van der Waals surface area contributed by atoms with Gasteiger partial charge < -0.3 is 9.72 Å². The molecule has 0 saturated heterocycles. The van der Waals surface area contributed by atoms with Crippen molar-refractivity contribution in [1.82, 2.24) is 19.5 Å². The Balaban J connectivity index is 2.04. The summed E-state index contributed by atoms with van der Waals surface area (Å²) in [6.07, 6.45) is 3.94. The molecule has 0 aliphatic rings. The fraction of sp³-hybridized carbons (Fsp3) is 0.368. The Bertz CT molecular complexity index is 857. The van der Waals surface area contributed by atoms with Gasteiger partial charge in [0, 0.05) is 25.0 Å². The van der Waals surface area contributed by atoms with Gasteiger partial charge in [-0.15, -0.1) is 0 Å². The molecule has 1 N–H and O–H groups in total. The third kappa shape index (κ3) is 3.07. The third-order valence-electron chi connectivity index (χ3n) is 3.99. The molecule has 0 bridgehead atoms. The topological polar surface area (TPSA) is 51.3 Å². The van der Waals surface area contributed by atoms with E-state index in [1.54, 1.807) is 0 Å². The third-order valence-corrected chi connectivity index (χ3v) is 3.99. The standard InChI is InChI=1S/C19H24N4O/c1-13(2)12-20-19(24)15-11-18(22-9-6-5-7-17(15)22)16-8-10-23(21-16)14(3)4/h5-11,13-14H,12H2,1-4H3,(H,20,24). The lowest BCUT2D eigenvalue weighted by Gasteiger charge is -2.06. The molecule has 3 rings (SSSR count). The van der Waals surface area contributed by atoms with Crippen LogP contribution in [-0.2, 0) is 0 Å². The summed E-state index contributed by atoms with van der Waals surface area (Å²) in [6, 6.07) is 10.1. The minimum atomic E-state index is -0.0399. The average Bonchev–Trinajstić information content (AvgIpc) is 3.17. The monoisotopic (exact) mass is 324 g/mol. The van der Waals surface area contributed by atoms with Gasteiger partial charge in [0.2, 0.25) is 0 Å². The van der Waals surface area contributed by atoms with E-state index in [0.29, 0.717) is 24.1 Å². The average molecular weight is 324 g/mol. The normalized spacial score (nSPS) is 11.6. The summed E-state index contributed by atoms with van der Waals surface area (Å²) >= 11 is 0. The highest BCUT2D eigenvalue weighted by molar-refractivity contribution is 6.02. The van der Waals surface area contributed by atoms with Crippen molar-refractivity contribution in [3.63, 3.8) is 0 Å². The molecular weight excluding hydrogens is 300 g/mol. The van der Waals surface area contributed by atoms with Crippen LogP contribution in [0, 0.1) is 5.92 Å². The van der Waals surface area contributed by atoms with E-state index >= 15 is 0 Å². The van der Waals surface area contributed by atoms with E-state index in [1.807, 2.05) is 51.8 Å². The van der Waals surface area contributed by atoms with Crippen LogP contribution >= 0.6 is 0 Å². The maximum Gasteiger partial charge on any atom is 0.253 e. The molecule has 3 aromatic heterocycles. The van der Waals surface area contributed by atoms with Crippen molar-refractivity contribution in [3.05, 3.63) is 48.3 Å². The van der Waals surface area contributed by atoms with Crippen LogP contribution in [0.15, 0.2) is 42.7 Å². The number of carbonyl (C=O) groups is 1. The van der Waals surface area contributed by atoms with Crippen molar-refractivity contribution in [2.45, 2.75) is 33.7 Å². The number of nitrogens with zero attached hydrogens (tertiary/aromatic N) is 3. The number of carbonyl (C=O) groups excluding carboxylic acids is 1. The summed E-state index contributed by atoms with van der Waals surface area (Å²) in [6.45, 7) is 9.03. The second kappa shape index (κ2) is 6.51. The van der Waals surface area contributed by atoms with Gasteiger partial charge in [-0.1, -0.05) is 19.9 Å². The van der Waals surface area contributed by atoms with Gasteiger partial charge in [-0.05, 0) is 44.0 Å². The quantitative estimate of drug-likeness (QED) is 0.776. The van der Waals surface area contributed by atoms with Crippen LogP contribution in [0.5, 0.6) is 0 Å². The summed E-state index contributed by atoms with van der Waals surface area (Å²) in [7, 11) is 0. The lowest BCUT2D eigenvalue weighted by Crippen LogP contribution is -2.27. The van der Waals surface area contributed by atoms with Crippen molar-refractivity contribution in [2.75, 3.05) is 6.54 Å². The minimum absolute atomic E-state index is 0.0399. The van der Waals surface area contributed by atoms with Crippen LogP contribution in [0.2, 0.25) is 0 Å². The molecule has 3 aromatic rings. The molecule has 0 aromatic carbocycles. The Hall–Kier alpha value is -2.56. The molecule has 5 nitrogen and oxygen atoms in total. The molecule has 0 spiro atoms. The molecule has 0 atom stereocenters. The van der Waals surface area contributed by atoms with Crippen LogP contribution in [0.4, 0.5) is 0 Å². The molecule has 126 valence electrons. The van der Waals surface area contributed by atoms with Gasteiger partial charge in [-0.3, -0.25) is 9.48 Å². The van der Waals surface area contributed by atoms with E-state index in [1.165, 1.54) is 0 Å². The second-order valence-electron chi connectivity index (χ2n) is 6.78. The van der Waals surface area contributed by atoms with Crippen molar-refractivity contribution < 1.29 is 4.79 Å². The van der Waals surface area contributed by atoms with E-state index in [2.05, 4.69) is 38.1 Å². The summed E-state index contributed by atoms with van der Waals surface area (Å²) in [4.78, 5) is 12.6. The Morgan fingerprint density at radius 3 is 2.62 bits per heavy atom. The molecule has 0 unspecified atom stereocenters. The first-order valence-corrected chi connectivity index (χ1v) is 8.41. The number of pyridine rings is 1. The molecule has 0 aliphatic heterocycles. The van der Waals surface area contributed by atoms with Gasteiger partial charge in [0.15, 0.2) is 0 Å². The Kier molecular flexibility index (Phi) is 4.42. The number of hydrogen-bond acceptors (Lipinski definition) is 2. The first kappa shape index (κ1) is 16.3.